The van der Waals surface area contributed by atoms with Gasteiger partial charge in [0.1, 0.15) is 0 Å². The second-order valence-electron chi connectivity index (χ2n) is 2.78. The van der Waals surface area contributed by atoms with Crippen molar-refractivity contribution >= 4 is 11.3 Å². The quantitative estimate of drug-likeness (QED) is 0.503. The number of aliphatic hydroxyl groups excluding tert-OH is 2. The molecule has 3 N–H and O–H groups in total. The van der Waals surface area contributed by atoms with Crippen molar-refractivity contribution in [3.63, 3.8) is 0 Å². The highest BCUT2D eigenvalue weighted by atomic mass is 32.2. The van der Waals surface area contributed by atoms with E-state index in [1.54, 1.807) is 0 Å². The van der Waals surface area contributed by atoms with E-state index >= 15 is 0 Å². The molecule has 0 bridgehead atoms. The van der Waals surface area contributed by atoms with Gasteiger partial charge in [-0.25, -0.2) is 4.21 Å². The summed E-state index contributed by atoms with van der Waals surface area (Å²) in [5, 5.41) is 17.8. The van der Waals surface area contributed by atoms with Gasteiger partial charge in [0.25, 0.3) is 0 Å². The first kappa shape index (κ1) is 12.0. The van der Waals surface area contributed by atoms with Gasteiger partial charge in [-0.05, 0) is 13.8 Å². The summed E-state index contributed by atoms with van der Waals surface area (Å²) in [5.41, 5.74) is 0. The molecule has 12 heavy (non-hydrogen) atoms. The third kappa shape index (κ3) is 5.62. The van der Waals surface area contributed by atoms with Gasteiger partial charge < -0.3 is 10.2 Å². The summed E-state index contributed by atoms with van der Waals surface area (Å²) in [4.78, 5) is 0. The number of nitrogens with zero attached hydrogens (tertiary/aromatic N) is 1. The van der Waals surface area contributed by atoms with Crippen molar-refractivity contribution in [2.24, 2.45) is 0 Å². The third-order valence-corrected chi connectivity index (χ3v) is 1.90. The van der Waals surface area contributed by atoms with E-state index in [0.29, 0.717) is 0 Å². The van der Waals surface area contributed by atoms with Crippen LogP contribution < -0.4 is 0 Å². The van der Waals surface area contributed by atoms with E-state index in [4.69, 9.17) is 14.8 Å². The van der Waals surface area contributed by atoms with Crippen LogP contribution in [-0.2, 0) is 11.3 Å². The molecule has 0 fully saturated rings. The highest BCUT2D eigenvalue weighted by molar-refractivity contribution is 7.76. The van der Waals surface area contributed by atoms with E-state index in [1.165, 1.54) is 13.8 Å². The van der Waals surface area contributed by atoms with E-state index in [9.17, 15) is 4.21 Å². The Bertz CT molecular complexity index is 140. The number of aliphatic hydroxyl groups is 2. The van der Waals surface area contributed by atoms with Crippen molar-refractivity contribution in [3.8, 4) is 0 Å². The van der Waals surface area contributed by atoms with Crippen LogP contribution in [0.2, 0.25) is 0 Å². The lowest BCUT2D eigenvalue weighted by Gasteiger charge is -2.20. The fraction of sp³-hybridized carbons (Fsp3) is 1.00. The summed E-state index contributed by atoms with van der Waals surface area (Å²) >= 11 is -2.13. The van der Waals surface area contributed by atoms with Crippen molar-refractivity contribution < 1.29 is 19.0 Å². The van der Waals surface area contributed by atoms with Crippen LogP contribution >= 0.6 is 0 Å². The average molecular weight is 197 g/mol. The van der Waals surface area contributed by atoms with Gasteiger partial charge in [-0.3, -0.25) is 4.55 Å². The molecule has 0 radical (unpaired) electrons. The zero-order valence-corrected chi connectivity index (χ0v) is 7.99. The molecule has 3 unspecified atom stereocenters. The van der Waals surface area contributed by atoms with Gasteiger partial charge in [0, 0.05) is 13.1 Å². The Kier molecular flexibility index (Phi) is 5.60. The van der Waals surface area contributed by atoms with Crippen molar-refractivity contribution in [2.45, 2.75) is 26.1 Å². The summed E-state index contributed by atoms with van der Waals surface area (Å²) < 4.78 is 20.4. The maximum absolute atomic E-state index is 10.6. The summed E-state index contributed by atoms with van der Waals surface area (Å²) in [6.45, 7) is 3.19. The Labute approximate surface area is 74.4 Å². The fourth-order valence-electron chi connectivity index (χ4n) is 0.791. The van der Waals surface area contributed by atoms with Crippen LogP contribution in [0.1, 0.15) is 13.8 Å². The Hall–Kier alpha value is -0.0100. The predicted octanol–water partition coefficient (Wildman–Crippen LogP) is -0.813. The van der Waals surface area contributed by atoms with E-state index in [2.05, 4.69) is 0 Å². The van der Waals surface area contributed by atoms with Gasteiger partial charge in [0.15, 0.2) is 0 Å². The van der Waals surface area contributed by atoms with Crippen molar-refractivity contribution in [2.75, 3.05) is 13.1 Å². The van der Waals surface area contributed by atoms with Crippen LogP contribution in [0, 0.1) is 0 Å². The third-order valence-electron chi connectivity index (χ3n) is 1.16. The standard InChI is InChI=1S/C6H15NO4S/c1-5(8)3-7(12(10)11)4-6(2)9/h5-6,8-9H,3-4H2,1-2H3,(H,10,11). The second kappa shape index (κ2) is 5.60. The first-order valence-electron chi connectivity index (χ1n) is 3.65. The van der Waals surface area contributed by atoms with Crippen molar-refractivity contribution in [1.82, 2.24) is 4.31 Å². The molecule has 0 rings (SSSR count). The Morgan fingerprint density at radius 2 is 1.58 bits per heavy atom. The molecule has 5 nitrogen and oxygen atoms in total. The maximum Gasteiger partial charge on any atom is 0.234 e. The highest BCUT2D eigenvalue weighted by Crippen LogP contribution is 1.97. The number of hydrogen-bond donors (Lipinski definition) is 3. The second-order valence-corrected chi connectivity index (χ2v) is 3.75. The van der Waals surface area contributed by atoms with Gasteiger partial charge in [0.05, 0.1) is 12.2 Å². The minimum absolute atomic E-state index is 0.0774. The molecule has 0 aliphatic rings. The monoisotopic (exact) mass is 197 g/mol. The molecule has 0 saturated carbocycles. The topological polar surface area (TPSA) is 81.0 Å². The summed E-state index contributed by atoms with van der Waals surface area (Å²) in [6, 6.07) is 0. The van der Waals surface area contributed by atoms with Crippen LogP contribution in [0.25, 0.3) is 0 Å². The summed E-state index contributed by atoms with van der Waals surface area (Å²) in [5.74, 6) is 0. The zero-order valence-electron chi connectivity index (χ0n) is 7.17. The lowest BCUT2D eigenvalue weighted by Crippen LogP contribution is -2.37. The number of rotatable bonds is 5. The zero-order chi connectivity index (χ0) is 9.72. The molecule has 6 heteroatoms. The van der Waals surface area contributed by atoms with E-state index in [-0.39, 0.29) is 13.1 Å². The van der Waals surface area contributed by atoms with E-state index in [0.717, 1.165) is 4.31 Å². The van der Waals surface area contributed by atoms with E-state index < -0.39 is 23.5 Å². The van der Waals surface area contributed by atoms with Crippen molar-refractivity contribution in [3.05, 3.63) is 0 Å². The lowest BCUT2D eigenvalue weighted by atomic mass is 10.3. The average Bonchev–Trinajstić information content (AvgIpc) is 1.83. The SMILES string of the molecule is CC(O)CN(CC(C)O)S(=O)O. The highest BCUT2D eigenvalue weighted by Gasteiger charge is 2.15. The number of hydrogen-bond acceptors (Lipinski definition) is 3. The van der Waals surface area contributed by atoms with Crippen LogP contribution in [0.5, 0.6) is 0 Å². The largest absolute Gasteiger partial charge is 0.392 e. The molecular formula is C6H15NO4S. The van der Waals surface area contributed by atoms with Crippen LogP contribution in [0.4, 0.5) is 0 Å². The molecule has 3 atom stereocenters. The molecule has 0 aromatic rings. The van der Waals surface area contributed by atoms with Gasteiger partial charge >= 0.3 is 0 Å². The van der Waals surface area contributed by atoms with Crippen molar-refractivity contribution in [1.29, 1.82) is 0 Å². The maximum atomic E-state index is 10.6. The molecule has 0 aliphatic carbocycles. The minimum atomic E-state index is -2.13. The Morgan fingerprint density at radius 3 is 1.75 bits per heavy atom. The molecule has 74 valence electrons. The molecule has 0 aromatic heterocycles. The molecular weight excluding hydrogens is 182 g/mol. The molecule has 0 aliphatic heterocycles. The van der Waals surface area contributed by atoms with Gasteiger partial charge in [-0.2, -0.15) is 4.31 Å². The molecule has 0 saturated heterocycles. The van der Waals surface area contributed by atoms with Gasteiger partial charge in [0.2, 0.25) is 11.3 Å². The van der Waals surface area contributed by atoms with Crippen LogP contribution in [0.15, 0.2) is 0 Å². The first-order chi connectivity index (χ1) is 5.43. The lowest BCUT2D eigenvalue weighted by molar-refractivity contribution is 0.124. The normalized spacial score (nSPS) is 19.2. The molecule has 0 amide bonds. The van der Waals surface area contributed by atoms with Gasteiger partial charge in [-0.1, -0.05) is 0 Å². The minimum Gasteiger partial charge on any atom is -0.392 e. The van der Waals surface area contributed by atoms with E-state index in [1.807, 2.05) is 0 Å². The Balaban J connectivity index is 3.96. The molecule has 0 heterocycles. The fourth-order valence-corrected chi connectivity index (χ4v) is 1.48. The summed E-state index contributed by atoms with van der Waals surface area (Å²) in [7, 11) is 0. The van der Waals surface area contributed by atoms with Gasteiger partial charge in [-0.15, -0.1) is 0 Å². The predicted molar refractivity (Wildman–Crippen MR) is 45.7 cm³/mol. The molecule has 0 aromatic carbocycles. The Morgan fingerprint density at radius 1 is 1.25 bits per heavy atom. The smallest absolute Gasteiger partial charge is 0.234 e. The molecule has 0 spiro atoms. The first-order valence-corrected chi connectivity index (χ1v) is 4.72. The summed E-state index contributed by atoms with van der Waals surface area (Å²) in [6.07, 6.45) is -1.36. The van der Waals surface area contributed by atoms with Crippen LogP contribution in [0.3, 0.4) is 0 Å². The van der Waals surface area contributed by atoms with Crippen LogP contribution in [-0.4, -0.2) is 48.6 Å².